The highest BCUT2D eigenvalue weighted by molar-refractivity contribution is 6.40. The minimum atomic E-state index is -4.71. The number of carbonyl (C=O) groups is 1. The van der Waals surface area contributed by atoms with Crippen LogP contribution >= 0.6 is 23.2 Å². The van der Waals surface area contributed by atoms with E-state index in [2.05, 4.69) is 20.6 Å². The molecule has 152 valence electrons. The Balaban J connectivity index is 1.70. The van der Waals surface area contributed by atoms with Crippen molar-refractivity contribution in [2.75, 3.05) is 10.6 Å². The lowest BCUT2D eigenvalue weighted by atomic mass is 10.2. The highest BCUT2D eigenvalue weighted by atomic mass is 35.5. The fourth-order valence-corrected chi connectivity index (χ4v) is 2.94. The van der Waals surface area contributed by atoms with Crippen LogP contribution < -0.4 is 10.6 Å². The second-order valence-corrected chi connectivity index (χ2v) is 7.09. The molecule has 3 N–H and O–H groups in total. The summed E-state index contributed by atoms with van der Waals surface area (Å²) in [5.41, 5.74) is -0.742. The maximum Gasteiger partial charge on any atom is 0.432 e. The number of anilines is 2. The third-order valence-corrected chi connectivity index (χ3v) is 4.57. The average Bonchev–Trinajstić information content (AvgIpc) is 3.47. The Bertz CT molecular complexity index is 952. The summed E-state index contributed by atoms with van der Waals surface area (Å²) in [5.74, 6) is -0.326. The first kappa shape index (κ1) is 21.1. The standard InChI is InChI=1S/C18H14Cl2F3N5O/c19-11-7-25-8-12(20)16(11)17(29)27-10-3-4-15(26-6-10)28-13(9-1-2-9)5-14(24)18(21,22)23/h3-9,24H,1-2H2,(H,26,28)(H,27,29)/b13-5-,24-14?. The van der Waals surface area contributed by atoms with Gasteiger partial charge in [0.25, 0.3) is 5.91 Å². The lowest BCUT2D eigenvalue weighted by molar-refractivity contribution is -0.0584. The third kappa shape index (κ3) is 5.45. The number of halogens is 5. The number of pyridine rings is 2. The number of rotatable bonds is 6. The predicted molar refractivity (Wildman–Crippen MR) is 105 cm³/mol. The van der Waals surface area contributed by atoms with Gasteiger partial charge in [-0.05, 0) is 37.0 Å². The molecule has 2 heterocycles. The molecule has 1 fully saturated rings. The summed E-state index contributed by atoms with van der Waals surface area (Å²) in [6.45, 7) is 0. The quantitative estimate of drug-likeness (QED) is 0.526. The van der Waals surface area contributed by atoms with Gasteiger partial charge in [0, 0.05) is 18.1 Å². The minimum absolute atomic E-state index is 0.0603. The molecule has 0 aliphatic heterocycles. The molecule has 1 aliphatic carbocycles. The van der Waals surface area contributed by atoms with Crippen molar-refractivity contribution in [3.05, 3.63) is 58.1 Å². The Morgan fingerprint density at radius 1 is 1.14 bits per heavy atom. The molecule has 0 radical (unpaired) electrons. The number of hydrogen-bond donors (Lipinski definition) is 3. The summed E-state index contributed by atoms with van der Waals surface area (Å²) in [7, 11) is 0. The lowest BCUT2D eigenvalue weighted by Gasteiger charge is -2.12. The van der Waals surface area contributed by atoms with Gasteiger partial charge in [0.1, 0.15) is 11.5 Å². The van der Waals surface area contributed by atoms with Crippen molar-refractivity contribution in [3.63, 3.8) is 0 Å². The molecule has 0 bridgehead atoms. The van der Waals surface area contributed by atoms with Crippen LogP contribution in [-0.2, 0) is 0 Å². The fraction of sp³-hybridized carbons (Fsp3) is 0.222. The van der Waals surface area contributed by atoms with E-state index in [1.165, 1.54) is 30.7 Å². The third-order valence-electron chi connectivity index (χ3n) is 4.00. The second kappa shape index (κ2) is 8.38. The summed E-state index contributed by atoms with van der Waals surface area (Å²) in [4.78, 5) is 20.2. The molecule has 2 aromatic heterocycles. The van der Waals surface area contributed by atoms with Crippen molar-refractivity contribution < 1.29 is 18.0 Å². The molecule has 0 unspecified atom stereocenters. The van der Waals surface area contributed by atoms with Crippen molar-refractivity contribution >= 4 is 46.3 Å². The van der Waals surface area contributed by atoms with Crippen LogP contribution in [0.4, 0.5) is 24.7 Å². The lowest BCUT2D eigenvalue weighted by Crippen LogP contribution is -2.21. The average molecular weight is 444 g/mol. The Morgan fingerprint density at radius 2 is 1.79 bits per heavy atom. The van der Waals surface area contributed by atoms with Crippen LogP contribution in [0.5, 0.6) is 0 Å². The van der Waals surface area contributed by atoms with Gasteiger partial charge in [-0.1, -0.05) is 23.2 Å². The highest BCUT2D eigenvalue weighted by Gasteiger charge is 2.35. The molecule has 6 nitrogen and oxygen atoms in total. The molecule has 2 aromatic rings. The summed E-state index contributed by atoms with van der Waals surface area (Å²) in [5, 5.41) is 12.7. The Labute approximate surface area is 173 Å². The zero-order chi connectivity index (χ0) is 21.2. The zero-order valence-corrected chi connectivity index (χ0v) is 16.2. The molecule has 0 atom stereocenters. The highest BCUT2D eigenvalue weighted by Crippen LogP contribution is 2.37. The molecule has 11 heteroatoms. The smallest absolute Gasteiger partial charge is 0.343 e. The van der Waals surface area contributed by atoms with E-state index in [-0.39, 0.29) is 33.0 Å². The zero-order valence-electron chi connectivity index (χ0n) is 14.6. The first-order valence-electron chi connectivity index (χ1n) is 8.36. The van der Waals surface area contributed by atoms with E-state index in [9.17, 15) is 18.0 Å². The minimum Gasteiger partial charge on any atom is -0.343 e. The molecular weight excluding hydrogens is 430 g/mol. The molecule has 1 aliphatic rings. The van der Waals surface area contributed by atoms with Gasteiger partial charge >= 0.3 is 6.18 Å². The van der Waals surface area contributed by atoms with E-state index >= 15 is 0 Å². The van der Waals surface area contributed by atoms with E-state index in [1.54, 1.807) is 0 Å². The second-order valence-electron chi connectivity index (χ2n) is 6.27. The number of carbonyl (C=O) groups excluding carboxylic acids is 1. The number of amides is 1. The van der Waals surface area contributed by atoms with E-state index in [0.29, 0.717) is 5.69 Å². The molecular formula is C18H14Cl2F3N5O. The van der Waals surface area contributed by atoms with Gasteiger partial charge in [0.2, 0.25) is 0 Å². The SMILES string of the molecule is N=C(/C=C(\Nc1ccc(NC(=O)c2c(Cl)cncc2Cl)cn1)C1CC1)C(F)(F)F. The van der Waals surface area contributed by atoms with Crippen molar-refractivity contribution in [2.24, 2.45) is 5.92 Å². The van der Waals surface area contributed by atoms with Crippen LogP contribution in [0.15, 0.2) is 42.5 Å². The molecule has 0 spiro atoms. The van der Waals surface area contributed by atoms with E-state index in [0.717, 1.165) is 18.9 Å². The Kier molecular flexibility index (Phi) is 6.09. The number of nitrogens with one attached hydrogen (secondary N) is 3. The van der Waals surface area contributed by atoms with Gasteiger partial charge < -0.3 is 10.6 Å². The normalized spacial score (nSPS) is 14.4. The number of allylic oxidation sites excluding steroid dienone is 2. The molecule has 0 aromatic carbocycles. The van der Waals surface area contributed by atoms with E-state index in [1.807, 2.05) is 0 Å². The Morgan fingerprint density at radius 3 is 2.31 bits per heavy atom. The number of alkyl halides is 3. The van der Waals surface area contributed by atoms with Gasteiger partial charge in [0.05, 0.1) is 27.5 Å². The molecule has 1 saturated carbocycles. The fourth-order valence-electron chi connectivity index (χ4n) is 2.40. The predicted octanol–water partition coefficient (Wildman–Crippen LogP) is 5.32. The molecule has 1 amide bonds. The summed E-state index contributed by atoms with van der Waals surface area (Å²) in [6, 6.07) is 3.02. The van der Waals surface area contributed by atoms with Gasteiger partial charge in [-0.3, -0.25) is 15.2 Å². The Hall–Kier alpha value is -2.65. The van der Waals surface area contributed by atoms with Gasteiger partial charge in [-0.2, -0.15) is 13.2 Å². The monoisotopic (exact) mass is 443 g/mol. The van der Waals surface area contributed by atoms with Crippen LogP contribution in [0, 0.1) is 11.3 Å². The van der Waals surface area contributed by atoms with Crippen molar-refractivity contribution in [2.45, 2.75) is 19.0 Å². The van der Waals surface area contributed by atoms with E-state index in [4.69, 9.17) is 28.6 Å². The van der Waals surface area contributed by atoms with Crippen LogP contribution in [0.3, 0.4) is 0 Å². The summed E-state index contributed by atoms with van der Waals surface area (Å²) >= 11 is 11.9. The summed E-state index contributed by atoms with van der Waals surface area (Å²) < 4.78 is 37.9. The van der Waals surface area contributed by atoms with Gasteiger partial charge in [-0.15, -0.1) is 0 Å². The molecule has 0 saturated heterocycles. The van der Waals surface area contributed by atoms with Gasteiger partial charge in [0.15, 0.2) is 0 Å². The number of hydrogen-bond acceptors (Lipinski definition) is 5. The largest absolute Gasteiger partial charge is 0.432 e. The van der Waals surface area contributed by atoms with Crippen LogP contribution in [0.25, 0.3) is 0 Å². The molecule has 29 heavy (non-hydrogen) atoms. The summed E-state index contributed by atoms with van der Waals surface area (Å²) in [6.07, 6.45) is 1.47. The van der Waals surface area contributed by atoms with Crippen LogP contribution in [-0.4, -0.2) is 27.8 Å². The van der Waals surface area contributed by atoms with Crippen LogP contribution in [0.2, 0.25) is 10.0 Å². The molecule has 3 rings (SSSR count). The maximum absolute atomic E-state index is 12.6. The van der Waals surface area contributed by atoms with Gasteiger partial charge in [-0.25, -0.2) is 4.98 Å². The first-order valence-corrected chi connectivity index (χ1v) is 9.11. The van der Waals surface area contributed by atoms with Crippen molar-refractivity contribution in [1.29, 1.82) is 5.41 Å². The number of aromatic nitrogens is 2. The van der Waals surface area contributed by atoms with Crippen molar-refractivity contribution in [1.82, 2.24) is 9.97 Å². The topological polar surface area (TPSA) is 90.8 Å². The van der Waals surface area contributed by atoms with E-state index < -0.39 is 17.8 Å². The van der Waals surface area contributed by atoms with Crippen molar-refractivity contribution in [3.8, 4) is 0 Å². The van der Waals surface area contributed by atoms with Crippen LogP contribution in [0.1, 0.15) is 23.2 Å². The number of nitrogens with zero attached hydrogens (tertiary/aromatic N) is 2. The first-order chi connectivity index (χ1) is 13.6. The maximum atomic E-state index is 12.6.